The van der Waals surface area contributed by atoms with Crippen LogP contribution in [0.4, 0.5) is 5.69 Å². The fourth-order valence-corrected chi connectivity index (χ4v) is 4.74. The summed E-state index contributed by atoms with van der Waals surface area (Å²) in [5, 5.41) is 6.35. The molecule has 3 saturated heterocycles. The third-order valence-electron chi connectivity index (χ3n) is 6.46. The van der Waals surface area contributed by atoms with Crippen molar-refractivity contribution in [2.24, 2.45) is 11.8 Å². The van der Waals surface area contributed by atoms with Gasteiger partial charge in [0.15, 0.2) is 11.5 Å². The van der Waals surface area contributed by atoms with Gasteiger partial charge in [0.1, 0.15) is 6.04 Å². The maximum atomic E-state index is 13.0. The van der Waals surface area contributed by atoms with Gasteiger partial charge in [-0.15, -0.1) is 12.4 Å². The van der Waals surface area contributed by atoms with Gasteiger partial charge in [0.25, 0.3) is 0 Å². The molecule has 1 aromatic rings. The van der Waals surface area contributed by atoms with Gasteiger partial charge in [-0.1, -0.05) is 0 Å². The van der Waals surface area contributed by atoms with E-state index in [0.717, 1.165) is 19.5 Å². The number of carbonyl (C=O) groups is 2. The molecule has 4 N–H and O–H groups in total. The minimum absolute atomic E-state index is 0. The van der Waals surface area contributed by atoms with E-state index in [1.54, 1.807) is 12.1 Å². The van der Waals surface area contributed by atoms with Crippen molar-refractivity contribution in [1.82, 2.24) is 21.1 Å². The minimum atomic E-state index is -0.188. The number of amides is 2. The van der Waals surface area contributed by atoms with Crippen molar-refractivity contribution in [2.45, 2.75) is 31.3 Å². The summed E-state index contributed by atoms with van der Waals surface area (Å²) in [5.74, 6) is 1.67. The first kappa shape index (κ1) is 21.2. The third kappa shape index (κ3) is 4.07. The standard InChI is InChI=1S/C20H27N5O4.ClH/c26-19(22-13-1-2-16-17(9-13)29-11-28-16)12-4-7-25(8-5-12)20(27)18-14-10-21-6-3-15(14)23-24-18;/h1-2,9,12,14-15,18,21,23-24H,3-8,10-11H2,(H,22,26);1H. The van der Waals surface area contributed by atoms with Gasteiger partial charge in [0.2, 0.25) is 18.6 Å². The molecule has 0 spiro atoms. The Morgan fingerprint density at radius 2 is 1.87 bits per heavy atom. The van der Waals surface area contributed by atoms with Gasteiger partial charge >= 0.3 is 0 Å². The summed E-state index contributed by atoms with van der Waals surface area (Å²) in [6.45, 7) is 3.28. The Kier molecular flexibility index (Phi) is 6.33. The molecule has 3 unspecified atom stereocenters. The number of likely N-dealkylation sites (tertiary alicyclic amines) is 1. The SMILES string of the molecule is Cl.O=C(Nc1ccc2c(c1)OCO2)C1CCN(C(=O)C2NNC3CCNCC32)CC1. The summed E-state index contributed by atoms with van der Waals surface area (Å²) in [4.78, 5) is 27.6. The molecule has 5 rings (SSSR count). The summed E-state index contributed by atoms with van der Waals surface area (Å²) in [5.41, 5.74) is 7.18. The van der Waals surface area contributed by atoms with Crippen LogP contribution in [0.15, 0.2) is 18.2 Å². The summed E-state index contributed by atoms with van der Waals surface area (Å²) >= 11 is 0. The molecule has 0 radical (unpaired) electrons. The van der Waals surface area contributed by atoms with Crippen molar-refractivity contribution >= 4 is 29.9 Å². The largest absolute Gasteiger partial charge is 0.454 e. The number of ether oxygens (including phenoxy) is 2. The van der Waals surface area contributed by atoms with E-state index in [9.17, 15) is 9.59 Å². The van der Waals surface area contributed by atoms with Gasteiger partial charge in [-0.2, -0.15) is 0 Å². The lowest BCUT2D eigenvalue weighted by molar-refractivity contribution is -0.137. The normalized spacial score (nSPS) is 27.9. The van der Waals surface area contributed by atoms with Crippen molar-refractivity contribution in [3.63, 3.8) is 0 Å². The van der Waals surface area contributed by atoms with E-state index in [0.29, 0.717) is 49.2 Å². The molecule has 9 nitrogen and oxygen atoms in total. The van der Waals surface area contributed by atoms with E-state index in [4.69, 9.17) is 9.47 Å². The summed E-state index contributed by atoms with van der Waals surface area (Å²) in [7, 11) is 0. The van der Waals surface area contributed by atoms with Gasteiger partial charge in [0, 0.05) is 49.3 Å². The van der Waals surface area contributed by atoms with Crippen LogP contribution in [0.3, 0.4) is 0 Å². The number of anilines is 1. The van der Waals surface area contributed by atoms with Gasteiger partial charge in [-0.3, -0.25) is 15.0 Å². The number of nitrogens with one attached hydrogen (secondary N) is 4. The lowest BCUT2D eigenvalue weighted by atomic mass is 9.88. The van der Waals surface area contributed by atoms with Gasteiger partial charge in [-0.05, 0) is 37.9 Å². The monoisotopic (exact) mass is 437 g/mol. The Labute approximate surface area is 181 Å². The third-order valence-corrected chi connectivity index (χ3v) is 6.46. The average molecular weight is 438 g/mol. The number of piperidine rings is 2. The van der Waals surface area contributed by atoms with Gasteiger partial charge < -0.3 is 25.0 Å². The van der Waals surface area contributed by atoms with Crippen LogP contribution in [0.2, 0.25) is 0 Å². The van der Waals surface area contributed by atoms with Crippen molar-refractivity contribution < 1.29 is 19.1 Å². The quantitative estimate of drug-likeness (QED) is 0.545. The van der Waals surface area contributed by atoms with Crippen molar-refractivity contribution in [2.75, 3.05) is 38.3 Å². The van der Waals surface area contributed by atoms with Crippen molar-refractivity contribution in [3.8, 4) is 11.5 Å². The Bertz CT molecular complexity index is 801. The van der Waals surface area contributed by atoms with Crippen LogP contribution < -0.4 is 31.0 Å². The highest BCUT2D eigenvalue weighted by Crippen LogP contribution is 2.34. The van der Waals surface area contributed by atoms with Gasteiger partial charge in [0.05, 0.1) is 0 Å². The van der Waals surface area contributed by atoms with E-state index in [2.05, 4.69) is 21.5 Å². The second kappa shape index (κ2) is 8.97. The number of rotatable bonds is 3. The molecule has 3 fully saturated rings. The van der Waals surface area contributed by atoms with E-state index >= 15 is 0 Å². The molecule has 3 atom stereocenters. The topological polar surface area (TPSA) is 104 Å². The number of fused-ring (bicyclic) bond motifs is 2. The molecule has 10 heteroatoms. The second-order valence-corrected chi connectivity index (χ2v) is 8.19. The Balaban J connectivity index is 0.00000218. The zero-order chi connectivity index (χ0) is 19.8. The van der Waals surface area contributed by atoms with Crippen LogP contribution in [0, 0.1) is 11.8 Å². The van der Waals surface area contributed by atoms with Gasteiger partial charge in [-0.25, -0.2) is 5.43 Å². The highest BCUT2D eigenvalue weighted by Gasteiger charge is 2.43. The number of benzene rings is 1. The molecule has 1 aromatic carbocycles. The maximum absolute atomic E-state index is 13.0. The fraction of sp³-hybridized carbons (Fsp3) is 0.600. The minimum Gasteiger partial charge on any atom is -0.454 e. The molecule has 2 amide bonds. The summed E-state index contributed by atoms with van der Waals surface area (Å²) in [6.07, 6.45) is 2.38. The smallest absolute Gasteiger partial charge is 0.241 e. The van der Waals surface area contributed by atoms with E-state index < -0.39 is 0 Å². The number of hydrogen-bond acceptors (Lipinski definition) is 7. The summed E-state index contributed by atoms with van der Waals surface area (Å²) < 4.78 is 10.7. The molecule has 4 aliphatic rings. The molecule has 164 valence electrons. The van der Waals surface area contributed by atoms with Crippen molar-refractivity contribution in [1.29, 1.82) is 0 Å². The molecule has 4 heterocycles. The molecule has 0 aromatic heterocycles. The molecule has 30 heavy (non-hydrogen) atoms. The Morgan fingerprint density at radius 1 is 1.07 bits per heavy atom. The molecule has 0 bridgehead atoms. The van der Waals surface area contributed by atoms with Crippen LogP contribution in [0.5, 0.6) is 11.5 Å². The zero-order valence-corrected chi connectivity index (χ0v) is 17.5. The molecule has 0 saturated carbocycles. The van der Waals surface area contributed by atoms with E-state index in [1.165, 1.54) is 0 Å². The highest BCUT2D eigenvalue weighted by atomic mass is 35.5. The lowest BCUT2D eigenvalue weighted by Gasteiger charge is -2.35. The average Bonchev–Trinajstić information content (AvgIpc) is 3.40. The maximum Gasteiger partial charge on any atom is 0.241 e. The lowest BCUT2D eigenvalue weighted by Crippen LogP contribution is -2.52. The first-order valence-electron chi connectivity index (χ1n) is 10.4. The Hall–Kier alpha value is -2.07. The summed E-state index contributed by atoms with van der Waals surface area (Å²) in [6, 6.07) is 5.57. The zero-order valence-electron chi connectivity index (χ0n) is 16.7. The number of hydrogen-bond donors (Lipinski definition) is 4. The van der Waals surface area contributed by atoms with Crippen molar-refractivity contribution in [3.05, 3.63) is 18.2 Å². The van der Waals surface area contributed by atoms with E-state index in [-0.39, 0.29) is 48.9 Å². The Morgan fingerprint density at radius 3 is 2.70 bits per heavy atom. The number of hydrazine groups is 1. The predicted octanol–water partition coefficient (Wildman–Crippen LogP) is 0.469. The molecular formula is C20H28ClN5O4. The van der Waals surface area contributed by atoms with E-state index in [1.807, 2.05) is 11.0 Å². The first-order valence-corrected chi connectivity index (χ1v) is 10.4. The predicted molar refractivity (Wildman–Crippen MR) is 113 cm³/mol. The second-order valence-electron chi connectivity index (χ2n) is 8.19. The molecule has 4 aliphatic heterocycles. The van der Waals surface area contributed by atoms with Crippen LogP contribution in [0.25, 0.3) is 0 Å². The molecule has 0 aliphatic carbocycles. The number of carbonyl (C=O) groups excluding carboxylic acids is 2. The van der Waals surface area contributed by atoms with Crippen LogP contribution in [0.1, 0.15) is 19.3 Å². The molecular weight excluding hydrogens is 410 g/mol. The number of nitrogens with zero attached hydrogens (tertiary/aromatic N) is 1. The van der Waals surface area contributed by atoms with Crippen LogP contribution >= 0.6 is 12.4 Å². The van der Waals surface area contributed by atoms with Crippen LogP contribution in [-0.2, 0) is 9.59 Å². The first-order chi connectivity index (χ1) is 14.2. The highest BCUT2D eigenvalue weighted by molar-refractivity contribution is 5.93. The fourth-order valence-electron chi connectivity index (χ4n) is 4.74. The number of halogens is 1. The van der Waals surface area contributed by atoms with Crippen LogP contribution in [-0.4, -0.2) is 61.8 Å².